The topological polar surface area (TPSA) is 67.9 Å². The number of para-hydroxylation sites is 2. The number of rotatable bonds is 5. The highest BCUT2D eigenvalue weighted by Crippen LogP contribution is 2.35. The quantitative estimate of drug-likeness (QED) is 0.817. The average Bonchev–Trinajstić information content (AvgIpc) is 2.66. The van der Waals surface area contributed by atoms with Crippen molar-refractivity contribution >= 4 is 35.0 Å². The summed E-state index contributed by atoms with van der Waals surface area (Å²) in [6, 6.07) is 12.8. The summed E-state index contributed by atoms with van der Waals surface area (Å²) in [5.41, 5.74) is 1.37. The van der Waals surface area contributed by atoms with Crippen LogP contribution < -0.4 is 19.7 Å². The van der Waals surface area contributed by atoms with Crippen molar-refractivity contribution in [1.82, 2.24) is 0 Å². The van der Waals surface area contributed by atoms with Gasteiger partial charge in [-0.1, -0.05) is 12.1 Å². The van der Waals surface area contributed by atoms with E-state index in [2.05, 4.69) is 5.32 Å². The minimum absolute atomic E-state index is 0.0205. The number of benzene rings is 2. The van der Waals surface area contributed by atoms with Crippen LogP contribution in [0, 0.1) is 0 Å². The van der Waals surface area contributed by atoms with Gasteiger partial charge in [0.1, 0.15) is 6.54 Å². The number of methoxy groups -OCH3 is 2. The Hall–Kier alpha value is -2.67. The number of thioether (sulfide) groups is 1. The monoisotopic (exact) mass is 372 g/mol. The van der Waals surface area contributed by atoms with E-state index in [1.165, 1.54) is 16.7 Å². The molecular formula is C19H20N2O4S. The maximum absolute atomic E-state index is 13.0. The molecule has 1 atom stereocenters. The molecule has 2 amide bonds. The lowest BCUT2D eigenvalue weighted by Gasteiger charge is -2.30. The van der Waals surface area contributed by atoms with Gasteiger partial charge in [-0.2, -0.15) is 0 Å². The second kappa shape index (κ2) is 7.70. The summed E-state index contributed by atoms with van der Waals surface area (Å²) in [6.07, 6.45) is 0. The fraction of sp³-hybridized carbons (Fsp3) is 0.263. The summed E-state index contributed by atoms with van der Waals surface area (Å²) in [5, 5.41) is 2.42. The van der Waals surface area contributed by atoms with E-state index in [0.717, 1.165) is 10.6 Å². The lowest BCUT2D eigenvalue weighted by atomic mass is 10.2. The Morgan fingerprint density at radius 3 is 2.62 bits per heavy atom. The SMILES string of the molecule is COc1ccc(SC(C)C(=O)N2CC(=O)Nc3ccccc32)cc1OC. The molecule has 3 rings (SSSR count). The molecule has 1 heterocycles. The number of nitrogens with zero attached hydrogens (tertiary/aromatic N) is 1. The highest BCUT2D eigenvalue weighted by molar-refractivity contribution is 8.00. The first-order valence-electron chi connectivity index (χ1n) is 8.12. The molecule has 6 nitrogen and oxygen atoms in total. The Balaban J connectivity index is 1.79. The maximum Gasteiger partial charge on any atom is 0.244 e. The van der Waals surface area contributed by atoms with Crippen LogP contribution in [0.5, 0.6) is 11.5 Å². The largest absolute Gasteiger partial charge is 0.493 e. The molecule has 0 aliphatic carbocycles. The van der Waals surface area contributed by atoms with E-state index in [1.807, 2.05) is 43.3 Å². The molecule has 2 aromatic rings. The molecule has 1 aliphatic rings. The van der Waals surface area contributed by atoms with Gasteiger partial charge in [0, 0.05) is 4.90 Å². The predicted molar refractivity (Wildman–Crippen MR) is 102 cm³/mol. The smallest absolute Gasteiger partial charge is 0.244 e. The Labute approximate surface area is 156 Å². The fourth-order valence-electron chi connectivity index (χ4n) is 2.79. The van der Waals surface area contributed by atoms with Gasteiger partial charge in [0.05, 0.1) is 30.8 Å². The van der Waals surface area contributed by atoms with Crippen LogP contribution in [0.3, 0.4) is 0 Å². The summed E-state index contributed by atoms with van der Waals surface area (Å²) < 4.78 is 10.5. The van der Waals surface area contributed by atoms with Crippen molar-refractivity contribution < 1.29 is 19.1 Å². The minimum Gasteiger partial charge on any atom is -0.493 e. The Morgan fingerprint density at radius 1 is 1.15 bits per heavy atom. The zero-order valence-corrected chi connectivity index (χ0v) is 15.6. The van der Waals surface area contributed by atoms with Gasteiger partial charge in [-0.05, 0) is 37.3 Å². The summed E-state index contributed by atoms with van der Waals surface area (Å²) in [4.78, 5) is 27.3. The van der Waals surface area contributed by atoms with Crippen molar-refractivity contribution in [3.63, 3.8) is 0 Å². The Kier molecular flexibility index (Phi) is 5.37. The van der Waals surface area contributed by atoms with E-state index in [-0.39, 0.29) is 23.6 Å². The van der Waals surface area contributed by atoms with Crippen LogP contribution in [-0.4, -0.2) is 37.8 Å². The second-order valence-electron chi connectivity index (χ2n) is 5.77. The molecule has 1 N–H and O–H groups in total. The van der Waals surface area contributed by atoms with Crippen LogP contribution in [0.4, 0.5) is 11.4 Å². The van der Waals surface area contributed by atoms with Gasteiger partial charge in [-0.3, -0.25) is 14.5 Å². The molecule has 2 aromatic carbocycles. The van der Waals surface area contributed by atoms with Gasteiger partial charge in [0.2, 0.25) is 11.8 Å². The lowest BCUT2D eigenvalue weighted by molar-refractivity contribution is -0.121. The molecule has 0 saturated carbocycles. The number of ether oxygens (including phenoxy) is 2. The van der Waals surface area contributed by atoms with Gasteiger partial charge in [0.25, 0.3) is 0 Å². The van der Waals surface area contributed by atoms with Crippen LogP contribution in [0.1, 0.15) is 6.92 Å². The van der Waals surface area contributed by atoms with Crippen LogP contribution in [0.25, 0.3) is 0 Å². The van der Waals surface area contributed by atoms with E-state index in [1.54, 1.807) is 20.3 Å². The van der Waals surface area contributed by atoms with Crippen LogP contribution >= 0.6 is 11.8 Å². The molecule has 0 bridgehead atoms. The van der Waals surface area contributed by atoms with Crippen molar-refractivity contribution in [2.45, 2.75) is 17.1 Å². The third-order valence-electron chi connectivity index (χ3n) is 4.05. The predicted octanol–water partition coefficient (Wildman–Crippen LogP) is 3.17. The number of nitrogens with one attached hydrogen (secondary N) is 1. The summed E-state index contributed by atoms with van der Waals surface area (Å²) in [6.45, 7) is 1.85. The van der Waals surface area contributed by atoms with Crippen molar-refractivity contribution in [2.24, 2.45) is 0 Å². The third kappa shape index (κ3) is 3.62. The normalized spacial score (nSPS) is 14.3. The number of carbonyl (C=O) groups excluding carboxylic acids is 2. The molecule has 0 spiro atoms. The van der Waals surface area contributed by atoms with Crippen molar-refractivity contribution in [1.29, 1.82) is 0 Å². The van der Waals surface area contributed by atoms with E-state index in [9.17, 15) is 9.59 Å². The summed E-state index contributed by atoms with van der Waals surface area (Å²) in [5.74, 6) is 0.935. The first kappa shape index (κ1) is 18.1. The van der Waals surface area contributed by atoms with Gasteiger partial charge >= 0.3 is 0 Å². The van der Waals surface area contributed by atoms with Gasteiger partial charge in [0.15, 0.2) is 11.5 Å². The third-order valence-corrected chi connectivity index (χ3v) is 5.13. The van der Waals surface area contributed by atoms with E-state index in [4.69, 9.17) is 9.47 Å². The second-order valence-corrected chi connectivity index (χ2v) is 7.18. The van der Waals surface area contributed by atoms with E-state index in [0.29, 0.717) is 17.2 Å². The van der Waals surface area contributed by atoms with Crippen molar-refractivity contribution in [3.8, 4) is 11.5 Å². The number of amides is 2. The molecule has 0 aromatic heterocycles. The first-order valence-corrected chi connectivity index (χ1v) is 9.00. The maximum atomic E-state index is 13.0. The van der Waals surface area contributed by atoms with E-state index >= 15 is 0 Å². The average molecular weight is 372 g/mol. The van der Waals surface area contributed by atoms with Gasteiger partial charge in [-0.15, -0.1) is 11.8 Å². The number of fused-ring (bicyclic) bond motifs is 1. The van der Waals surface area contributed by atoms with Gasteiger partial charge in [-0.25, -0.2) is 0 Å². The van der Waals surface area contributed by atoms with Crippen LogP contribution in [0.2, 0.25) is 0 Å². The zero-order chi connectivity index (χ0) is 18.7. The number of hydrogen-bond acceptors (Lipinski definition) is 5. The number of anilines is 2. The van der Waals surface area contributed by atoms with Crippen LogP contribution in [-0.2, 0) is 9.59 Å². The number of carbonyl (C=O) groups is 2. The molecule has 7 heteroatoms. The van der Waals surface area contributed by atoms with Crippen molar-refractivity contribution in [3.05, 3.63) is 42.5 Å². The molecule has 0 fully saturated rings. The lowest BCUT2D eigenvalue weighted by Crippen LogP contribution is -2.45. The molecule has 0 saturated heterocycles. The standard InChI is InChI=1S/C19H20N2O4S/c1-12(26-13-8-9-16(24-2)17(10-13)25-3)19(23)21-11-18(22)20-14-6-4-5-7-15(14)21/h4-10,12H,11H2,1-3H3,(H,20,22). The molecule has 26 heavy (non-hydrogen) atoms. The zero-order valence-electron chi connectivity index (χ0n) is 14.8. The van der Waals surface area contributed by atoms with Crippen molar-refractivity contribution in [2.75, 3.05) is 31.0 Å². The summed E-state index contributed by atoms with van der Waals surface area (Å²) >= 11 is 1.41. The molecule has 1 unspecified atom stereocenters. The molecule has 1 aliphatic heterocycles. The number of hydrogen-bond donors (Lipinski definition) is 1. The highest BCUT2D eigenvalue weighted by Gasteiger charge is 2.30. The van der Waals surface area contributed by atoms with E-state index < -0.39 is 0 Å². The molecular weight excluding hydrogens is 352 g/mol. The minimum atomic E-state index is -0.368. The van der Waals surface area contributed by atoms with Crippen LogP contribution in [0.15, 0.2) is 47.4 Å². The molecule has 0 radical (unpaired) electrons. The van der Waals surface area contributed by atoms with Gasteiger partial charge < -0.3 is 14.8 Å². The highest BCUT2D eigenvalue weighted by atomic mass is 32.2. The fourth-order valence-corrected chi connectivity index (χ4v) is 3.75. The summed E-state index contributed by atoms with van der Waals surface area (Å²) in [7, 11) is 3.15. The molecule has 136 valence electrons. The Morgan fingerprint density at radius 2 is 1.88 bits per heavy atom. The first-order chi connectivity index (χ1) is 12.5. The Bertz CT molecular complexity index is 840.